The third kappa shape index (κ3) is 3.94. The molecule has 4 nitrogen and oxygen atoms in total. The first-order valence-electron chi connectivity index (χ1n) is 5.61. The number of aromatic hydroxyl groups is 1. The van der Waals surface area contributed by atoms with Gasteiger partial charge < -0.3 is 10.1 Å². The van der Waals surface area contributed by atoms with Crippen molar-refractivity contribution in [3.63, 3.8) is 0 Å². The first kappa shape index (κ1) is 15.3. The van der Waals surface area contributed by atoms with Crippen LogP contribution in [0.15, 0.2) is 33.5 Å². The minimum Gasteiger partial charge on any atom is -0.507 e. The molecule has 0 unspecified atom stereocenters. The Kier molecular flexibility index (Phi) is 4.17. The zero-order valence-electron chi connectivity index (χ0n) is 10.3. The lowest BCUT2D eigenvalue weighted by Crippen LogP contribution is -2.19. The largest absolute Gasteiger partial charge is 0.507 e. The van der Waals surface area contributed by atoms with Gasteiger partial charge in [0.1, 0.15) is 11.4 Å². The number of aromatic amines is 1. The Balaban J connectivity index is 2.40. The van der Waals surface area contributed by atoms with Crippen molar-refractivity contribution < 1.29 is 18.3 Å². The van der Waals surface area contributed by atoms with Gasteiger partial charge in [0, 0.05) is 10.0 Å². The van der Waals surface area contributed by atoms with Crippen molar-refractivity contribution in [3.8, 4) is 5.75 Å². The van der Waals surface area contributed by atoms with Crippen molar-refractivity contribution in [1.82, 2.24) is 9.97 Å². The normalized spacial score (nSPS) is 12.0. The Morgan fingerprint density at radius 1 is 1.24 bits per heavy atom. The number of benzene rings is 1. The second kappa shape index (κ2) is 5.72. The molecule has 0 aliphatic carbocycles. The highest BCUT2D eigenvalue weighted by Crippen LogP contribution is 2.27. The first-order valence-corrected chi connectivity index (χ1v) is 6.40. The molecule has 0 bridgehead atoms. The summed E-state index contributed by atoms with van der Waals surface area (Å²) < 4.78 is 38.4. The zero-order chi connectivity index (χ0) is 15.6. The molecule has 110 valence electrons. The number of rotatable bonds is 2. The highest BCUT2D eigenvalue weighted by molar-refractivity contribution is 9.10. The average Bonchev–Trinajstić information content (AvgIpc) is 2.38. The van der Waals surface area contributed by atoms with E-state index in [-0.39, 0.29) is 11.4 Å². The van der Waals surface area contributed by atoms with Crippen molar-refractivity contribution in [2.75, 3.05) is 0 Å². The minimum absolute atomic E-state index is 0.0460. The summed E-state index contributed by atoms with van der Waals surface area (Å²) in [5.74, 6) is -0.0460. The van der Waals surface area contributed by atoms with Gasteiger partial charge in [-0.1, -0.05) is 15.9 Å². The van der Waals surface area contributed by atoms with Crippen LogP contribution in [0.4, 0.5) is 13.2 Å². The van der Waals surface area contributed by atoms with E-state index in [9.17, 15) is 23.1 Å². The van der Waals surface area contributed by atoms with E-state index in [4.69, 9.17) is 0 Å². The van der Waals surface area contributed by atoms with Crippen molar-refractivity contribution in [2.45, 2.75) is 6.18 Å². The molecule has 1 heterocycles. The third-order valence-corrected chi connectivity index (χ3v) is 2.99. The van der Waals surface area contributed by atoms with E-state index in [0.717, 1.165) is 0 Å². The number of hydrogen-bond donors (Lipinski definition) is 2. The Hall–Kier alpha value is -2.09. The predicted octanol–water partition coefficient (Wildman–Crippen LogP) is 3.43. The Morgan fingerprint density at radius 3 is 2.62 bits per heavy atom. The molecular weight excluding hydrogens is 353 g/mol. The lowest BCUT2D eigenvalue weighted by atomic mass is 10.1. The molecule has 2 rings (SSSR count). The van der Waals surface area contributed by atoms with E-state index >= 15 is 0 Å². The van der Waals surface area contributed by atoms with Crippen LogP contribution in [0.25, 0.3) is 12.2 Å². The maximum atomic E-state index is 12.6. The number of phenolic OH excluding ortho intramolecular Hbond substituents is 1. The van der Waals surface area contributed by atoms with Crippen LogP contribution < -0.4 is 5.69 Å². The molecule has 1 aromatic carbocycles. The number of H-pyrrole nitrogens is 1. The van der Waals surface area contributed by atoms with Crippen molar-refractivity contribution in [2.24, 2.45) is 0 Å². The summed E-state index contributed by atoms with van der Waals surface area (Å²) in [4.78, 5) is 16.2. The van der Waals surface area contributed by atoms with Crippen molar-refractivity contribution >= 4 is 28.1 Å². The van der Waals surface area contributed by atoms with Gasteiger partial charge in [-0.3, -0.25) is 0 Å². The van der Waals surface area contributed by atoms with Crippen LogP contribution in [0.5, 0.6) is 5.75 Å². The molecule has 2 aromatic rings. The molecule has 0 fully saturated rings. The van der Waals surface area contributed by atoms with Gasteiger partial charge in [-0.2, -0.15) is 18.2 Å². The summed E-state index contributed by atoms with van der Waals surface area (Å²) in [6.07, 6.45) is -2.09. The number of nitrogens with one attached hydrogen (secondary N) is 1. The maximum Gasteiger partial charge on any atom is 0.431 e. The van der Waals surface area contributed by atoms with E-state index in [1.165, 1.54) is 18.2 Å². The molecule has 0 aliphatic rings. The van der Waals surface area contributed by atoms with E-state index < -0.39 is 17.6 Å². The molecule has 1 aromatic heterocycles. The SMILES string of the molecule is O=c1nc(/C=C/c2cc(Br)ccc2O)cc(C(F)(F)F)[nH]1. The Bertz CT molecular complexity index is 754. The smallest absolute Gasteiger partial charge is 0.431 e. The molecule has 0 atom stereocenters. The van der Waals surface area contributed by atoms with Crippen LogP contribution in [0.1, 0.15) is 17.0 Å². The predicted molar refractivity (Wildman–Crippen MR) is 74.6 cm³/mol. The molecule has 2 N–H and O–H groups in total. The van der Waals surface area contributed by atoms with Gasteiger partial charge in [-0.15, -0.1) is 0 Å². The standard InChI is InChI=1S/C13H8BrF3N2O2/c14-8-2-4-10(20)7(5-8)1-3-9-6-11(13(15,16)17)19-12(21)18-9/h1-6,20H,(H,18,19,21)/b3-1+. The van der Waals surface area contributed by atoms with Crippen LogP contribution in [0.3, 0.4) is 0 Å². The highest BCUT2D eigenvalue weighted by atomic mass is 79.9. The summed E-state index contributed by atoms with van der Waals surface area (Å²) in [5.41, 5.74) is -2.06. The second-order valence-corrected chi connectivity index (χ2v) is 4.97. The summed E-state index contributed by atoms with van der Waals surface area (Å²) in [6, 6.07) is 5.33. The molecular formula is C13H8BrF3N2O2. The molecule has 8 heteroatoms. The number of nitrogens with zero attached hydrogens (tertiary/aromatic N) is 1. The summed E-state index contributed by atoms with van der Waals surface area (Å²) in [7, 11) is 0. The quantitative estimate of drug-likeness (QED) is 0.862. The van der Waals surface area contributed by atoms with Crippen LogP contribution in [-0.2, 0) is 6.18 Å². The van der Waals surface area contributed by atoms with E-state index in [1.807, 2.05) is 0 Å². The molecule has 0 aliphatic heterocycles. The molecule has 0 amide bonds. The Labute approximate surface area is 125 Å². The van der Waals surface area contributed by atoms with Crippen LogP contribution >= 0.6 is 15.9 Å². The lowest BCUT2D eigenvalue weighted by Gasteiger charge is -2.06. The van der Waals surface area contributed by atoms with Gasteiger partial charge in [-0.25, -0.2) is 4.79 Å². The third-order valence-electron chi connectivity index (χ3n) is 2.49. The zero-order valence-corrected chi connectivity index (χ0v) is 11.9. The monoisotopic (exact) mass is 360 g/mol. The number of alkyl halides is 3. The Morgan fingerprint density at radius 2 is 1.95 bits per heavy atom. The van der Waals surface area contributed by atoms with Gasteiger partial charge in [0.2, 0.25) is 0 Å². The lowest BCUT2D eigenvalue weighted by molar-refractivity contribution is -0.141. The van der Waals surface area contributed by atoms with Crippen LogP contribution in [0.2, 0.25) is 0 Å². The van der Waals surface area contributed by atoms with Gasteiger partial charge in [0.05, 0.1) is 5.69 Å². The molecule has 0 saturated carbocycles. The molecule has 0 saturated heterocycles. The first-order chi connectivity index (χ1) is 9.75. The average molecular weight is 361 g/mol. The van der Waals surface area contributed by atoms with Crippen LogP contribution in [0, 0.1) is 0 Å². The fourth-order valence-electron chi connectivity index (χ4n) is 1.55. The van der Waals surface area contributed by atoms with E-state index in [2.05, 4.69) is 20.9 Å². The number of halogens is 4. The fraction of sp³-hybridized carbons (Fsp3) is 0.0769. The molecule has 0 radical (unpaired) electrons. The topological polar surface area (TPSA) is 66.0 Å². The summed E-state index contributed by atoms with van der Waals surface area (Å²) in [5, 5.41) is 9.61. The number of hydrogen-bond acceptors (Lipinski definition) is 3. The number of aromatic nitrogens is 2. The molecule has 0 spiro atoms. The van der Waals surface area contributed by atoms with Gasteiger partial charge in [0.15, 0.2) is 0 Å². The molecule has 21 heavy (non-hydrogen) atoms. The second-order valence-electron chi connectivity index (χ2n) is 4.06. The van der Waals surface area contributed by atoms with Crippen LogP contribution in [-0.4, -0.2) is 15.1 Å². The maximum absolute atomic E-state index is 12.6. The summed E-state index contributed by atoms with van der Waals surface area (Å²) >= 11 is 3.21. The summed E-state index contributed by atoms with van der Waals surface area (Å²) in [6.45, 7) is 0. The van der Waals surface area contributed by atoms with Gasteiger partial charge in [0.25, 0.3) is 0 Å². The van der Waals surface area contributed by atoms with Gasteiger partial charge >= 0.3 is 11.9 Å². The fourth-order valence-corrected chi connectivity index (χ4v) is 1.93. The van der Waals surface area contributed by atoms with Crippen molar-refractivity contribution in [1.29, 1.82) is 0 Å². The van der Waals surface area contributed by atoms with Crippen molar-refractivity contribution in [3.05, 3.63) is 56.2 Å². The number of phenols is 1. The van der Waals surface area contributed by atoms with Gasteiger partial charge in [-0.05, 0) is 36.4 Å². The highest BCUT2D eigenvalue weighted by Gasteiger charge is 2.32. The van der Waals surface area contributed by atoms with E-state index in [1.54, 1.807) is 17.1 Å². The van der Waals surface area contributed by atoms with E-state index in [0.29, 0.717) is 16.1 Å². The minimum atomic E-state index is -4.66.